The Balaban J connectivity index is 2.15. The third-order valence-electron chi connectivity index (χ3n) is 4.10. The van der Waals surface area contributed by atoms with Crippen molar-refractivity contribution in [2.45, 2.75) is 43.5 Å². The van der Waals surface area contributed by atoms with Crippen molar-refractivity contribution in [2.75, 3.05) is 6.54 Å². The number of benzene rings is 2. The summed E-state index contributed by atoms with van der Waals surface area (Å²) in [5.74, 6) is -0.310. The van der Waals surface area contributed by atoms with Crippen LogP contribution in [-0.2, 0) is 21.2 Å². The highest BCUT2D eigenvalue weighted by atomic mass is 79.9. The number of amides is 1. The zero-order valence-corrected chi connectivity index (χ0v) is 17.7. The SMILES string of the molecule is CCCCCNC(=O)[C@H](Cc1ccccc1)NS(=O)(=O)c1ccc(Br)cc1. The highest BCUT2D eigenvalue weighted by molar-refractivity contribution is 9.10. The van der Waals surface area contributed by atoms with E-state index in [2.05, 4.69) is 32.9 Å². The number of carbonyl (C=O) groups is 1. The molecule has 5 nitrogen and oxygen atoms in total. The van der Waals surface area contributed by atoms with Gasteiger partial charge in [0.05, 0.1) is 4.90 Å². The second-order valence-corrected chi connectivity index (χ2v) is 8.95. The van der Waals surface area contributed by atoms with E-state index in [-0.39, 0.29) is 17.2 Å². The smallest absolute Gasteiger partial charge is 0.241 e. The maximum atomic E-state index is 12.7. The molecule has 0 aliphatic heterocycles. The summed E-state index contributed by atoms with van der Waals surface area (Å²) in [6, 6.07) is 14.8. The molecule has 27 heavy (non-hydrogen) atoms. The molecule has 0 bridgehead atoms. The van der Waals surface area contributed by atoms with Gasteiger partial charge >= 0.3 is 0 Å². The Bertz CT molecular complexity index is 824. The summed E-state index contributed by atoms with van der Waals surface area (Å²) in [4.78, 5) is 12.8. The molecule has 0 heterocycles. The average Bonchev–Trinajstić information content (AvgIpc) is 2.65. The molecule has 0 saturated heterocycles. The van der Waals surface area contributed by atoms with Gasteiger partial charge in [0, 0.05) is 11.0 Å². The molecule has 2 N–H and O–H groups in total. The van der Waals surface area contributed by atoms with E-state index in [1.807, 2.05) is 30.3 Å². The molecule has 1 atom stereocenters. The first-order chi connectivity index (χ1) is 12.9. The zero-order valence-electron chi connectivity index (χ0n) is 15.3. The Kier molecular flexibility index (Phi) is 8.47. The fourth-order valence-electron chi connectivity index (χ4n) is 2.62. The van der Waals surface area contributed by atoms with Gasteiger partial charge in [-0.2, -0.15) is 4.72 Å². The lowest BCUT2D eigenvalue weighted by Crippen LogP contribution is -2.48. The van der Waals surface area contributed by atoms with Crippen molar-refractivity contribution in [3.8, 4) is 0 Å². The maximum absolute atomic E-state index is 12.7. The second-order valence-electron chi connectivity index (χ2n) is 6.32. The molecule has 0 saturated carbocycles. The lowest BCUT2D eigenvalue weighted by molar-refractivity contribution is -0.122. The van der Waals surface area contributed by atoms with Gasteiger partial charge in [-0.05, 0) is 42.7 Å². The van der Waals surface area contributed by atoms with Crippen LogP contribution in [-0.4, -0.2) is 26.9 Å². The molecule has 2 aromatic rings. The van der Waals surface area contributed by atoms with Crippen molar-refractivity contribution in [2.24, 2.45) is 0 Å². The van der Waals surface area contributed by atoms with E-state index in [1.54, 1.807) is 12.1 Å². The van der Waals surface area contributed by atoms with E-state index in [4.69, 9.17) is 0 Å². The summed E-state index contributed by atoms with van der Waals surface area (Å²) in [5, 5.41) is 2.85. The normalized spacial score (nSPS) is 12.5. The first kappa shape index (κ1) is 21.6. The minimum Gasteiger partial charge on any atom is -0.355 e. The van der Waals surface area contributed by atoms with Crippen molar-refractivity contribution >= 4 is 31.9 Å². The van der Waals surface area contributed by atoms with Gasteiger partial charge in [-0.1, -0.05) is 66.0 Å². The molecule has 0 aliphatic carbocycles. The molecule has 146 valence electrons. The molecule has 0 spiro atoms. The third kappa shape index (κ3) is 7.08. The van der Waals surface area contributed by atoms with Gasteiger partial charge in [0.15, 0.2) is 0 Å². The van der Waals surface area contributed by atoms with Gasteiger partial charge in [-0.25, -0.2) is 8.42 Å². The Labute approximate surface area is 169 Å². The lowest BCUT2D eigenvalue weighted by atomic mass is 10.1. The zero-order chi connectivity index (χ0) is 19.7. The number of hydrogen-bond donors (Lipinski definition) is 2. The van der Waals surface area contributed by atoms with E-state index in [0.717, 1.165) is 29.3 Å². The summed E-state index contributed by atoms with van der Waals surface area (Å²) in [7, 11) is -3.81. The largest absolute Gasteiger partial charge is 0.355 e. The first-order valence-electron chi connectivity index (χ1n) is 9.02. The molecule has 1 amide bonds. The fourth-order valence-corrected chi connectivity index (χ4v) is 4.08. The minimum absolute atomic E-state index is 0.127. The minimum atomic E-state index is -3.81. The Morgan fingerprint density at radius 2 is 1.70 bits per heavy atom. The topological polar surface area (TPSA) is 75.3 Å². The maximum Gasteiger partial charge on any atom is 0.241 e. The van der Waals surface area contributed by atoms with Crippen LogP contribution >= 0.6 is 15.9 Å². The summed E-state index contributed by atoms with van der Waals surface area (Å²) < 4.78 is 28.8. The van der Waals surface area contributed by atoms with Gasteiger partial charge < -0.3 is 5.32 Å². The van der Waals surface area contributed by atoms with Crippen molar-refractivity contribution < 1.29 is 13.2 Å². The van der Waals surface area contributed by atoms with E-state index >= 15 is 0 Å². The van der Waals surface area contributed by atoms with Crippen molar-refractivity contribution in [3.63, 3.8) is 0 Å². The average molecular weight is 453 g/mol. The molecule has 2 aromatic carbocycles. The van der Waals surface area contributed by atoms with Crippen LogP contribution in [0.25, 0.3) is 0 Å². The molecular weight excluding hydrogens is 428 g/mol. The Morgan fingerprint density at radius 1 is 1.04 bits per heavy atom. The fraction of sp³-hybridized carbons (Fsp3) is 0.350. The van der Waals surface area contributed by atoms with Gasteiger partial charge in [-0.15, -0.1) is 0 Å². The van der Waals surface area contributed by atoms with E-state index in [9.17, 15) is 13.2 Å². The summed E-state index contributed by atoms with van der Waals surface area (Å²) in [6.45, 7) is 2.63. The molecule has 0 aliphatic rings. The number of hydrogen-bond acceptors (Lipinski definition) is 3. The first-order valence-corrected chi connectivity index (χ1v) is 11.3. The van der Waals surface area contributed by atoms with Crippen LogP contribution in [0, 0.1) is 0 Å². The number of rotatable bonds is 10. The van der Waals surface area contributed by atoms with Gasteiger partial charge in [0.2, 0.25) is 15.9 Å². The van der Waals surface area contributed by atoms with Crippen LogP contribution < -0.4 is 10.0 Å². The summed E-state index contributed by atoms with van der Waals surface area (Å²) in [6.07, 6.45) is 3.24. The van der Waals surface area contributed by atoms with E-state index < -0.39 is 16.1 Å². The van der Waals surface area contributed by atoms with Crippen LogP contribution in [0.2, 0.25) is 0 Å². The van der Waals surface area contributed by atoms with E-state index in [1.165, 1.54) is 12.1 Å². The molecule has 0 unspecified atom stereocenters. The van der Waals surface area contributed by atoms with Crippen LogP contribution in [0.15, 0.2) is 64.0 Å². The van der Waals surface area contributed by atoms with Crippen molar-refractivity contribution in [3.05, 3.63) is 64.6 Å². The van der Waals surface area contributed by atoms with Gasteiger partial charge in [-0.3, -0.25) is 4.79 Å². The van der Waals surface area contributed by atoms with Crippen molar-refractivity contribution in [1.29, 1.82) is 0 Å². The summed E-state index contributed by atoms with van der Waals surface area (Å²) >= 11 is 3.29. The van der Waals surface area contributed by atoms with Gasteiger partial charge in [0.1, 0.15) is 6.04 Å². The second kappa shape index (κ2) is 10.6. The monoisotopic (exact) mass is 452 g/mol. The summed E-state index contributed by atoms with van der Waals surface area (Å²) in [5.41, 5.74) is 0.893. The van der Waals surface area contributed by atoms with Crippen LogP contribution in [0.4, 0.5) is 0 Å². The number of sulfonamides is 1. The number of halogens is 1. The Morgan fingerprint density at radius 3 is 2.33 bits per heavy atom. The molecule has 7 heteroatoms. The predicted molar refractivity (Wildman–Crippen MR) is 111 cm³/mol. The van der Waals surface area contributed by atoms with Crippen molar-refractivity contribution in [1.82, 2.24) is 10.0 Å². The third-order valence-corrected chi connectivity index (χ3v) is 6.12. The van der Waals surface area contributed by atoms with Gasteiger partial charge in [0.25, 0.3) is 0 Å². The molecule has 2 rings (SSSR count). The lowest BCUT2D eigenvalue weighted by Gasteiger charge is -2.19. The number of nitrogens with one attached hydrogen (secondary N) is 2. The molecule has 0 fully saturated rings. The highest BCUT2D eigenvalue weighted by Gasteiger charge is 2.25. The Hall–Kier alpha value is -1.70. The predicted octanol–water partition coefficient (Wildman–Crippen LogP) is 3.65. The number of carbonyl (C=O) groups excluding carboxylic acids is 1. The number of unbranched alkanes of at least 4 members (excludes halogenated alkanes) is 2. The van der Waals surface area contributed by atoms with E-state index in [0.29, 0.717) is 6.54 Å². The quantitative estimate of drug-likeness (QED) is 0.540. The highest BCUT2D eigenvalue weighted by Crippen LogP contribution is 2.15. The standard InChI is InChI=1S/C20H25BrN2O3S/c1-2-3-7-14-22-20(24)19(15-16-8-5-4-6-9-16)23-27(25,26)18-12-10-17(21)11-13-18/h4-6,8-13,19,23H,2-3,7,14-15H2,1H3,(H,22,24)/t19-/m0/s1. The molecular formula is C20H25BrN2O3S. The molecule has 0 aromatic heterocycles. The van der Waals surface area contributed by atoms with Crippen LogP contribution in [0.3, 0.4) is 0 Å². The molecule has 0 radical (unpaired) electrons. The van der Waals surface area contributed by atoms with Crippen LogP contribution in [0.5, 0.6) is 0 Å². The van der Waals surface area contributed by atoms with Crippen LogP contribution in [0.1, 0.15) is 31.7 Å².